The van der Waals surface area contributed by atoms with Crippen molar-refractivity contribution in [1.29, 1.82) is 0 Å². The fourth-order valence-electron chi connectivity index (χ4n) is 1.18. The number of hydrogen-bond acceptors (Lipinski definition) is 2. The minimum atomic E-state index is -4.24. The van der Waals surface area contributed by atoms with Gasteiger partial charge >= 0.3 is 6.18 Å². The summed E-state index contributed by atoms with van der Waals surface area (Å²) in [5, 5.41) is 5.11. The van der Waals surface area contributed by atoms with Crippen LogP contribution >= 0.6 is 0 Å². The molecule has 0 aromatic rings. The number of halogens is 3. The first kappa shape index (κ1) is 14.2. The van der Waals surface area contributed by atoms with E-state index in [1.807, 2.05) is 0 Å². The Morgan fingerprint density at radius 3 is 2.27 bits per heavy atom. The first-order valence-electron chi connectivity index (χ1n) is 4.78. The molecular weight excluding hydrogens is 209 g/mol. The molecule has 1 amide bonds. The molecule has 0 aromatic heterocycles. The highest BCUT2D eigenvalue weighted by Crippen LogP contribution is 2.21. The van der Waals surface area contributed by atoms with Crippen LogP contribution in [0.15, 0.2) is 0 Å². The van der Waals surface area contributed by atoms with Crippen LogP contribution in [0.4, 0.5) is 13.2 Å². The fraction of sp³-hybridized carbons (Fsp3) is 0.889. The van der Waals surface area contributed by atoms with Crippen LogP contribution in [0, 0.1) is 5.92 Å². The second-order valence-electron chi connectivity index (χ2n) is 3.69. The highest BCUT2D eigenvalue weighted by atomic mass is 19.4. The number of amides is 1. The molecule has 0 aliphatic rings. The Morgan fingerprint density at radius 2 is 1.87 bits per heavy atom. The Morgan fingerprint density at radius 1 is 1.33 bits per heavy atom. The monoisotopic (exact) mass is 226 g/mol. The van der Waals surface area contributed by atoms with Gasteiger partial charge in [0.2, 0.25) is 5.91 Å². The summed E-state index contributed by atoms with van der Waals surface area (Å²) in [5.41, 5.74) is 0. The van der Waals surface area contributed by atoms with Crippen LogP contribution in [-0.4, -0.2) is 31.7 Å². The van der Waals surface area contributed by atoms with E-state index in [4.69, 9.17) is 0 Å². The highest BCUT2D eigenvalue weighted by molar-refractivity contribution is 5.78. The molecule has 0 saturated heterocycles. The van der Waals surface area contributed by atoms with E-state index in [0.29, 0.717) is 6.54 Å². The summed E-state index contributed by atoms with van der Waals surface area (Å²) in [6, 6.07) is -0.878. The molecule has 15 heavy (non-hydrogen) atoms. The van der Waals surface area contributed by atoms with Gasteiger partial charge in [-0.05, 0) is 14.0 Å². The predicted octanol–water partition coefficient (Wildman–Crippen LogP) is 1.30. The van der Waals surface area contributed by atoms with Crippen LogP contribution in [-0.2, 0) is 4.79 Å². The Hall–Kier alpha value is -0.780. The topological polar surface area (TPSA) is 41.1 Å². The number of alkyl halides is 3. The van der Waals surface area contributed by atoms with E-state index < -0.39 is 18.6 Å². The highest BCUT2D eigenvalue weighted by Gasteiger charge is 2.30. The molecule has 0 rings (SSSR count). The van der Waals surface area contributed by atoms with E-state index in [1.165, 1.54) is 6.92 Å². The minimum Gasteiger partial charge on any atom is -0.353 e. The van der Waals surface area contributed by atoms with Crippen molar-refractivity contribution in [2.45, 2.75) is 32.5 Å². The van der Waals surface area contributed by atoms with E-state index in [-0.39, 0.29) is 11.8 Å². The van der Waals surface area contributed by atoms with Gasteiger partial charge in [0.1, 0.15) is 0 Å². The number of carbonyl (C=O) groups excluding carboxylic acids is 1. The average molecular weight is 226 g/mol. The third-order valence-electron chi connectivity index (χ3n) is 1.88. The second-order valence-corrected chi connectivity index (χ2v) is 3.69. The molecule has 0 fully saturated rings. The molecule has 0 bridgehead atoms. The average Bonchev–Trinajstić information content (AvgIpc) is 2.00. The normalized spacial score (nSPS) is 15.9. The standard InChI is InChI=1S/C9H17F3N2O/c1-6(5-13-3)8(15)14-7(2)4-9(10,11)12/h6-7,13H,4-5H2,1-3H3,(H,14,15). The summed E-state index contributed by atoms with van der Waals surface area (Å²) in [5.74, 6) is -0.688. The van der Waals surface area contributed by atoms with E-state index >= 15 is 0 Å². The van der Waals surface area contributed by atoms with Gasteiger partial charge in [0.25, 0.3) is 0 Å². The predicted molar refractivity (Wildman–Crippen MR) is 51.4 cm³/mol. The number of carbonyl (C=O) groups is 1. The Labute approximate surface area is 87.4 Å². The zero-order valence-corrected chi connectivity index (χ0v) is 9.11. The number of hydrogen-bond donors (Lipinski definition) is 2. The van der Waals surface area contributed by atoms with Gasteiger partial charge in [0.15, 0.2) is 0 Å². The molecule has 0 aromatic carbocycles. The van der Waals surface area contributed by atoms with Gasteiger partial charge in [-0.25, -0.2) is 0 Å². The van der Waals surface area contributed by atoms with Crippen molar-refractivity contribution in [3.05, 3.63) is 0 Å². The second kappa shape index (κ2) is 5.95. The van der Waals surface area contributed by atoms with E-state index in [1.54, 1.807) is 14.0 Å². The van der Waals surface area contributed by atoms with Crippen molar-refractivity contribution >= 4 is 5.91 Å². The molecule has 0 radical (unpaired) electrons. The van der Waals surface area contributed by atoms with Gasteiger partial charge < -0.3 is 10.6 Å². The third kappa shape index (κ3) is 7.18. The molecule has 2 unspecified atom stereocenters. The molecule has 0 aliphatic heterocycles. The van der Waals surface area contributed by atoms with E-state index in [9.17, 15) is 18.0 Å². The van der Waals surface area contributed by atoms with Gasteiger partial charge in [-0.1, -0.05) is 6.92 Å². The molecular formula is C9H17F3N2O. The molecule has 0 spiro atoms. The van der Waals surface area contributed by atoms with Gasteiger partial charge in [-0.3, -0.25) is 4.79 Å². The third-order valence-corrected chi connectivity index (χ3v) is 1.88. The molecule has 2 atom stereocenters. The van der Waals surface area contributed by atoms with Gasteiger partial charge in [-0.2, -0.15) is 13.2 Å². The first-order valence-corrected chi connectivity index (χ1v) is 4.78. The van der Waals surface area contributed by atoms with Gasteiger partial charge in [0.05, 0.1) is 6.42 Å². The Balaban J connectivity index is 3.96. The summed E-state index contributed by atoms with van der Waals surface area (Å²) >= 11 is 0. The lowest BCUT2D eigenvalue weighted by Gasteiger charge is -2.18. The SMILES string of the molecule is CNCC(C)C(=O)NC(C)CC(F)(F)F. The van der Waals surface area contributed by atoms with Crippen LogP contribution < -0.4 is 10.6 Å². The van der Waals surface area contributed by atoms with Crippen molar-refractivity contribution in [2.75, 3.05) is 13.6 Å². The number of rotatable bonds is 5. The lowest BCUT2D eigenvalue weighted by molar-refractivity contribution is -0.142. The molecule has 3 nitrogen and oxygen atoms in total. The maximum Gasteiger partial charge on any atom is 0.391 e. The summed E-state index contributed by atoms with van der Waals surface area (Å²) in [6.07, 6.45) is -5.23. The van der Waals surface area contributed by atoms with Gasteiger partial charge in [-0.15, -0.1) is 0 Å². The maximum atomic E-state index is 11.9. The largest absolute Gasteiger partial charge is 0.391 e. The molecule has 2 N–H and O–H groups in total. The lowest BCUT2D eigenvalue weighted by atomic mass is 10.1. The van der Waals surface area contributed by atoms with Crippen LogP contribution in [0.5, 0.6) is 0 Å². The van der Waals surface area contributed by atoms with Crippen molar-refractivity contribution in [1.82, 2.24) is 10.6 Å². The summed E-state index contributed by atoms with van der Waals surface area (Å²) < 4.78 is 35.8. The molecule has 90 valence electrons. The smallest absolute Gasteiger partial charge is 0.353 e. The summed E-state index contributed by atoms with van der Waals surface area (Å²) in [6.45, 7) is 3.45. The van der Waals surface area contributed by atoms with Crippen LogP contribution in [0.25, 0.3) is 0 Å². The van der Waals surface area contributed by atoms with Crippen LogP contribution in [0.2, 0.25) is 0 Å². The molecule has 0 heterocycles. The quantitative estimate of drug-likeness (QED) is 0.742. The summed E-state index contributed by atoms with van der Waals surface area (Å²) in [7, 11) is 1.68. The summed E-state index contributed by atoms with van der Waals surface area (Å²) in [4.78, 5) is 11.3. The minimum absolute atomic E-state index is 0.328. The zero-order valence-electron chi connectivity index (χ0n) is 9.11. The molecule has 0 aliphatic carbocycles. The Kier molecular flexibility index (Phi) is 5.64. The fourth-order valence-corrected chi connectivity index (χ4v) is 1.18. The van der Waals surface area contributed by atoms with Crippen molar-refractivity contribution in [3.63, 3.8) is 0 Å². The van der Waals surface area contributed by atoms with Crippen LogP contribution in [0.3, 0.4) is 0 Å². The zero-order chi connectivity index (χ0) is 12.1. The van der Waals surface area contributed by atoms with Crippen molar-refractivity contribution < 1.29 is 18.0 Å². The molecule has 0 saturated carbocycles. The number of nitrogens with one attached hydrogen (secondary N) is 2. The van der Waals surface area contributed by atoms with E-state index in [0.717, 1.165) is 0 Å². The first-order chi connectivity index (χ1) is 6.76. The van der Waals surface area contributed by atoms with Gasteiger partial charge in [0, 0.05) is 18.5 Å². The van der Waals surface area contributed by atoms with Crippen molar-refractivity contribution in [2.24, 2.45) is 5.92 Å². The van der Waals surface area contributed by atoms with Crippen LogP contribution in [0.1, 0.15) is 20.3 Å². The molecule has 6 heteroatoms. The maximum absolute atomic E-state index is 11.9. The van der Waals surface area contributed by atoms with E-state index in [2.05, 4.69) is 10.6 Å². The van der Waals surface area contributed by atoms with Crippen molar-refractivity contribution in [3.8, 4) is 0 Å². The lowest BCUT2D eigenvalue weighted by Crippen LogP contribution is -2.41. The Bertz CT molecular complexity index is 206.